The highest BCUT2D eigenvalue weighted by molar-refractivity contribution is 5.41. The first-order valence-electron chi connectivity index (χ1n) is 12.4. The minimum Gasteiger partial charge on any atom is -0.354 e. The van der Waals surface area contributed by atoms with Gasteiger partial charge in [0.1, 0.15) is 11.6 Å². The van der Waals surface area contributed by atoms with E-state index in [-0.39, 0.29) is 16.7 Å². The van der Waals surface area contributed by atoms with Gasteiger partial charge in [0.2, 0.25) is 0 Å². The van der Waals surface area contributed by atoms with Crippen molar-refractivity contribution in [1.29, 1.82) is 0 Å². The van der Waals surface area contributed by atoms with E-state index in [2.05, 4.69) is 48.5 Å². The van der Waals surface area contributed by atoms with Crippen LogP contribution in [0.5, 0.6) is 0 Å². The number of hydrogen-bond donors (Lipinski definition) is 1. The van der Waals surface area contributed by atoms with E-state index in [1.165, 1.54) is 0 Å². The van der Waals surface area contributed by atoms with Crippen LogP contribution >= 0.6 is 0 Å². The summed E-state index contributed by atoms with van der Waals surface area (Å²) in [5, 5.41) is 0. The van der Waals surface area contributed by atoms with Crippen LogP contribution in [0.4, 0.5) is 5.82 Å². The van der Waals surface area contributed by atoms with Crippen molar-refractivity contribution in [3.63, 3.8) is 0 Å². The molecule has 8 nitrogen and oxygen atoms in total. The molecule has 33 heavy (non-hydrogen) atoms. The van der Waals surface area contributed by atoms with E-state index in [9.17, 15) is 9.59 Å². The Morgan fingerprint density at radius 3 is 2.33 bits per heavy atom. The summed E-state index contributed by atoms with van der Waals surface area (Å²) in [5.41, 5.74) is 1.15. The summed E-state index contributed by atoms with van der Waals surface area (Å²) >= 11 is 0. The molecule has 182 valence electrons. The summed E-state index contributed by atoms with van der Waals surface area (Å²) in [6, 6.07) is 2.17. The maximum absolute atomic E-state index is 12.0. The molecule has 0 bridgehead atoms. The molecule has 3 rings (SSSR count). The first-order chi connectivity index (χ1) is 15.7. The van der Waals surface area contributed by atoms with Crippen LogP contribution in [-0.4, -0.2) is 57.1 Å². The van der Waals surface area contributed by atoms with E-state index in [1.807, 2.05) is 6.92 Å². The number of hydrogen-bond acceptors (Lipinski definition) is 6. The zero-order chi connectivity index (χ0) is 24.0. The summed E-state index contributed by atoms with van der Waals surface area (Å²) in [4.78, 5) is 40.7. The fraction of sp³-hybridized carbons (Fsp3) is 0.680. The third kappa shape index (κ3) is 6.76. The Morgan fingerprint density at radius 2 is 1.70 bits per heavy atom. The molecular weight excluding hydrogens is 416 g/mol. The number of aromatic amines is 1. The standard InChI is InChI=1S/C25H40N6O2/c1-6-10-20-17-21(27-23(26-20)25(3,4)5)30-15-13-29(14-16-30)11-8-9-12-31-18-19(7-2)22(32)28-24(31)33/h17-18H,6-16H2,1-5H3,(H,28,32,33). The van der Waals surface area contributed by atoms with Gasteiger partial charge in [-0.25, -0.2) is 14.8 Å². The molecular formula is C25H40N6O2. The Hall–Kier alpha value is -2.48. The zero-order valence-electron chi connectivity index (χ0n) is 21.0. The van der Waals surface area contributed by atoms with Gasteiger partial charge in [-0.1, -0.05) is 41.0 Å². The first-order valence-corrected chi connectivity index (χ1v) is 12.4. The number of aryl methyl sites for hydroxylation is 3. The Bertz CT molecular complexity index is 1030. The second kappa shape index (κ2) is 11.1. The second-order valence-electron chi connectivity index (χ2n) is 10.0. The van der Waals surface area contributed by atoms with Crippen LogP contribution in [0, 0.1) is 0 Å². The van der Waals surface area contributed by atoms with Crippen molar-refractivity contribution in [2.45, 2.75) is 78.7 Å². The maximum Gasteiger partial charge on any atom is 0.328 e. The van der Waals surface area contributed by atoms with Gasteiger partial charge in [0.05, 0.1) is 0 Å². The number of anilines is 1. The van der Waals surface area contributed by atoms with Gasteiger partial charge < -0.3 is 9.47 Å². The topological polar surface area (TPSA) is 87.1 Å². The Morgan fingerprint density at radius 1 is 1.00 bits per heavy atom. The highest BCUT2D eigenvalue weighted by Gasteiger charge is 2.23. The average molecular weight is 457 g/mol. The van der Waals surface area contributed by atoms with Crippen LogP contribution in [0.2, 0.25) is 0 Å². The van der Waals surface area contributed by atoms with Crippen LogP contribution in [0.3, 0.4) is 0 Å². The number of piperazine rings is 1. The van der Waals surface area contributed by atoms with Crippen molar-refractivity contribution in [3.05, 3.63) is 50.2 Å². The van der Waals surface area contributed by atoms with E-state index in [0.29, 0.717) is 18.5 Å². The number of unbranched alkanes of at least 4 members (excludes halogenated alkanes) is 1. The van der Waals surface area contributed by atoms with Gasteiger partial charge in [-0.3, -0.25) is 14.7 Å². The number of nitrogens with zero attached hydrogens (tertiary/aromatic N) is 5. The first kappa shape index (κ1) is 25.1. The largest absolute Gasteiger partial charge is 0.354 e. The molecule has 0 aliphatic carbocycles. The van der Waals surface area contributed by atoms with Crippen molar-refractivity contribution in [1.82, 2.24) is 24.4 Å². The van der Waals surface area contributed by atoms with E-state index < -0.39 is 0 Å². The minimum absolute atomic E-state index is 0.0635. The second-order valence-corrected chi connectivity index (χ2v) is 10.0. The third-order valence-corrected chi connectivity index (χ3v) is 6.23. The molecule has 0 aromatic carbocycles. The summed E-state index contributed by atoms with van der Waals surface area (Å²) in [6.07, 6.45) is 6.34. The molecule has 1 aliphatic rings. The molecule has 1 aliphatic heterocycles. The van der Waals surface area contributed by atoms with Crippen molar-refractivity contribution in [2.24, 2.45) is 0 Å². The van der Waals surface area contributed by atoms with Gasteiger partial charge in [0, 0.05) is 61.7 Å². The Balaban J connectivity index is 1.51. The number of rotatable bonds is 9. The molecule has 8 heteroatoms. The van der Waals surface area contributed by atoms with Crippen molar-refractivity contribution in [3.8, 4) is 0 Å². The molecule has 0 amide bonds. The molecule has 2 aromatic heterocycles. The van der Waals surface area contributed by atoms with E-state index in [0.717, 1.165) is 75.7 Å². The van der Waals surface area contributed by atoms with E-state index >= 15 is 0 Å². The lowest BCUT2D eigenvalue weighted by Crippen LogP contribution is -2.47. The van der Waals surface area contributed by atoms with Crippen molar-refractivity contribution in [2.75, 3.05) is 37.6 Å². The van der Waals surface area contributed by atoms with Gasteiger partial charge in [-0.2, -0.15) is 0 Å². The molecule has 1 fully saturated rings. The van der Waals surface area contributed by atoms with Gasteiger partial charge >= 0.3 is 5.69 Å². The average Bonchev–Trinajstić information content (AvgIpc) is 2.78. The molecule has 1 N–H and O–H groups in total. The lowest BCUT2D eigenvalue weighted by Gasteiger charge is -2.36. The number of H-pyrrole nitrogens is 1. The Labute approximate surface area is 197 Å². The van der Waals surface area contributed by atoms with Crippen molar-refractivity contribution < 1.29 is 0 Å². The zero-order valence-corrected chi connectivity index (χ0v) is 21.0. The fourth-order valence-electron chi connectivity index (χ4n) is 4.16. The van der Waals surface area contributed by atoms with Crippen LogP contribution in [0.25, 0.3) is 0 Å². The monoisotopic (exact) mass is 456 g/mol. The molecule has 0 spiro atoms. The Kier molecular flexibility index (Phi) is 8.46. The molecule has 0 atom stereocenters. The normalized spacial score (nSPS) is 15.2. The predicted molar refractivity (Wildman–Crippen MR) is 133 cm³/mol. The van der Waals surface area contributed by atoms with E-state index in [4.69, 9.17) is 9.97 Å². The van der Waals surface area contributed by atoms with Crippen LogP contribution in [-0.2, 0) is 24.8 Å². The number of aromatic nitrogens is 4. The molecule has 0 saturated carbocycles. The highest BCUT2D eigenvalue weighted by atomic mass is 16.2. The minimum atomic E-state index is -0.312. The lowest BCUT2D eigenvalue weighted by molar-refractivity contribution is 0.250. The van der Waals surface area contributed by atoms with Gasteiger partial charge in [-0.05, 0) is 32.2 Å². The fourth-order valence-corrected chi connectivity index (χ4v) is 4.16. The molecule has 0 unspecified atom stereocenters. The number of nitrogens with one attached hydrogen (secondary N) is 1. The summed E-state index contributed by atoms with van der Waals surface area (Å²) in [7, 11) is 0. The predicted octanol–water partition coefficient (Wildman–Crippen LogP) is 2.74. The molecule has 1 saturated heterocycles. The quantitative estimate of drug-likeness (QED) is 0.584. The summed E-state index contributed by atoms with van der Waals surface area (Å²) in [6.45, 7) is 16.2. The van der Waals surface area contributed by atoms with Gasteiger partial charge in [0.15, 0.2) is 0 Å². The van der Waals surface area contributed by atoms with E-state index in [1.54, 1.807) is 10.8 Å². The summed E-state index contributed by atoms with van der Waals surface area (Å²) in [5.74, 6) is 1.98. The van der Waals surface area contributed by atoms with Gasteiger partial charge in [-0.15, -0.1) is 0 Å². The molecule has 2 aromatic rings. The van der Waals surface area contributed by atoms with Gasteiger partial charge in [0.25, 0.3) is 5.56 Å². The summed E-state index contributed by atoms with van der Waals surface area (Å²) < 4.78 is 1.63. The maximum atomic E-state index is 12.0. The smallest absolute Gasteiger partial charge is 0.328 e. The molecule has 3 heterocycles. The van der Waals surface area contributed by atoms with Crippen LogP contribution in [0.15, 0.2) is 21.9 Å². The van der Waals surface area contributed by atoms with Crippen LogP contribution < -0.4 is 16.1 Å². The lowest BCUT2D eigenvalue weighted by atomic mass is 9.95. The molecule has 0 radical (unpaired) electrons. The van der Waals surface area contributed by atoms with Crippen molar-refractivity contribution >= 4 is 5.82 Å². The third-order valence-electron chi connectivity index (χ3n) is 6.23. The van der Waals surface area contributed by atoms with Crippen LogP contribution in [0.1, 0.15) is 71.0 Å². The SMILES string of the molecule is CCCc1cc(N2CCN(CCCCn3cc(CC)c(=O)[nH]c3=O)CC2)nc(C(C)(C)C)n1. The highest BCUT2D eigenvalue weighted by Crippen LogP contribution is 2.23.